The number of aromatic nitrogens is 2. The van der Waals surface area contributed by atoms with Crippen LogP contribution in [0.3, 0.4) is 0 Å². The maximum Gasteiger partial charge on any atom is 0.225 e. The van der Waals surface area contributed by atoms with Gasteiger partial charge in [0.15, 0.2) is 0 Å². The number of benzene rings is 2. The van der Waals surface area contributed by atoms with Crippen molar-refractivity contribution in [2.24, 2.45) is 11.8 Å². The molecule has 4 rings (SSSR count). The molecule has 0 saturated carbocycles. The van der Waals surface area contributed by atoms with Crippen molar-refractivity contribution in [1.29, 1.82) is 0 Å². The highest BCUT2D eigenvalue weighted by Crippen LogP contribution is 2.28. The first-order chi connectivity index (χ1) is 16.3. The first-order valence-corrected chi connectivity index (χ1v) is 12.6. The Labute approximate surface area is 208 Å². The molecule has 34 heavy (non-hydrogen) atoms. The minimum atomic E-state index is -0.0369. The summed E-state index contributed by atoms with van der Waals surface area (Å²) in [6.07, 6.45) is 0.917. The van der Waals surface area contributed by atoms with E-state index in [0.29, 0.717) is 12.5 Å². The summed E-state index contributed by atoms with van der Waals surface area (Å²) >= 11 is 6.22. The summed E-state index contributed by atoms with van der Waals surface area (Å²) in [4.78, 5) is 17.5. The highest BCUT2D eigenvalue weighted by atomic mass is 35.5. The zero-order valence-corrected chi connectivity index (χ0v) is 21.4. The van der Waals surface area contributed by atoms with Crippen LogP contribution in [0.1, 0.15) is 50.2 Å². The molecule has 6 heteroatoms. The molecule has 180 valence electrons. The van der Waals surface area contributed by atoms with Crippen LogP contribution in [0.5, 0.6) is 0 Å². The lowest BCUT2D eigenvalue weighted by atomic mass is 10.0. The van der Waals surface area contributed by atoms with Crippen LogP contribution in [0.2, 0.25) is 5.02 Å². The molecule has 0 bridgehead atoms. The summed E-state index contributed by atoms with van der Waals surface area (Å²) < 4.78 is 2.09. The molecule has 0 saturated heterocycles. The van der Waals surface area contributed by atoms with Crippen molar-refractivity contribution in [3.8, 4) is 5.69 Å². The molecule has 0 N–H and O–H groups in total. The van der Waals surface area contributed by atoms with Gasteiger partial charge in [-0.2, -0.15) is 5.10 Å². The molecule has 0 unspecified atom stereocenters. The minimum absolute atomic E-state index is 0.0369. The van der Waals surface area contributed by atoms with Crippen molar-refractivity contribution in [2.75, 3.05) is 13.1 Å². The predicted octanol–water partition coefficient (Wildman–Crippen LogP) is 5.72. The smallest absolute Gasteiger partial charge is 0.225 e. The van der Waals surface area contributed by atoms with E-state index < -0.39 is 0 Å². The zero-order valence-electron chi connectivity index (χ0n) is 20.7. The number of rotatable bonds is 8. The lowest BCUT2D eigenvalue weighted by Crippen LogP contribution is -2.37. The fourth-order valence-corrected chi connectivity index (χ4v) is 4.91. The molecular weight excluding hydrogens is 444 g/mol. The molecule has 0 fully saturated rings. The van der Waals surface area contributed by atoms with Crippen LogP contribution < -0.4 is 0 Å². The minimum Gasteiger partial charge on any atom is -0.336 e. The first kappa shape index (κ1) is 24.5. The van der Waals surface area contributed by atoms with Gasteiger partial charge in [-0.15, -0.1) is 0 Å². The molecule has 2 heterocycles. The highest BCUT2D eigenvalue weighted by Gasteiger charge is 2.28. The summed E-state index contributed by atoms with van der Waals surface area (Å²) in [5.74, 6) is 0.544. The van der Waals surface area contributed by atoms with Crippen LogP contribution in [0.15, 0.2) is 54.6 Å². The first-order valence-electron chi connectivity index (χ1n) is 12.2. The van der Waals surface area contributed by atoms with Gasteiger partial charge < -0.3 is 4.90 Å². The number of carbonyl (C=O) groups is 1. The van der Waals surface area contributed by atoms with Gasteiger partial charge in [0, 0.05) is 49.1 Å². The number of hydrogen-bond acceptors (Lipinski definition) is 3. The Bertz CT molecular complexity index is 1120. The topological polar surface area (TPSA) is 41.4 Å². The highest BCUT2D eigenvalue weighted by molar-refractivity contribution is 6.30. The van der Waals surface area contributed by atoms with Gasteiger partial charge >= 0.3 is 0 Å². The lowest BCUT2D eigenvalue weighted by Gasteiger charge is -2.29. The second-order valence-electron chi connectivity index (χ2n) is 9.98. The molecule has 3 aromatic rings. The molecule has 5 nitrogen and oxygen atoms in total. The summed E-state index contributed by atoms with van der Waals surface area (Å²) in [5.41, 5.74) is 5.79. The molecule has 2 aromatic carbocycles. The number of carbonyl (C=O) groups excluding carboxylic acids is 1. The fraction of sp³-hybridized carbons (Fsp3) is 0.429. The third-order valence-corrected chi connectivity index (χ3v) is 6.48. The van der Waals surface area contributed by atoms with Crippen molar-refractivity contribution < 1.29 is 4.79 Å². The number of amides is 1. The number of hydrogen-bond donors (Lipinski definition) is 0. The second-order valence-corrected chi connectivity index (χ2v) is 10.4. The average molecular weight is 479 g/mol. The van der Waals surface area contributed by atoms with E-state index in [9.17, 15) is 4.79 Å². The molecule has 1 amide bonds. The Morgan fingerprint density at radius 1 is 1.09 bits per heavy atom. The Morgan fingerprint density at radius 2 is 1.85 bits per heavy atom. The van der Waals surface area contributed by atoms with Crippen LogP contribution in [0.25, 0.3) is 5.69 Å². The molecule has 0 aliphatic carbocycles. The maximum atomic E-state index is 13.0. The molecule has 1 aliphatic rings. The zero-order chi connectivity index (χ0) is 24.2. The van der Waals surface area contributed by atoms with Crippen LogP contribution in [-0.4, -0.2) is 38.6 Å². The van der Waals surface area contributed by atoms with Gasteiger partial charge in [-0.3, -0.25) is 9.69 Å². The summed E-state index contributed by atoms with van der Waals surface area (Å²) in [6, 6.07) is 18.4. The van der Waals surface area contributed by atoms with E-state index in [2.05, 4.69) is 41.6 Å². The third-order valence-electron chi connectivity index (χ3n) is 6.25. The predicted molar refractivity (Wildman–Crippen MR) is 138 cm³/mol. The normalized spacial score (nSPS) is 14.0. The van der Waals surface area contributed by atoms with E-state index in [1.807, 2.05) is 55.1 Å². The van der Waals surface area contributed by atoms with Crippen LogP contribution in [0, 0.1) is 11.8 Å². The summed E-state index contributed by atoms with van der Waals surface area (Å²) in [7, 11) is 0. The van der Waals surface area contributed by atoms with Gasteiger partial charge in [-0.1, -0.05) is 69.6 Å². The van der Waals surface area contributed by atoms with Crippen LogP contribution in [0.4, 0.5) is 0 Å². The van der Waals surface area contributed by atoms with E-state index in [0.717, 1.165) is 49.0 Å². The molecule has 1 aromatic heterocycles. The van der Waals surface area contributed by atoms with E-state index >= 15 is 0 Å². The van der Waals surface area contributed by atoms with Gasteiger partial charge in [0.2, 0.25) is 5.91 Å². The third kappa shape index (κ3) is 5.70. The maximum absolute atomic E-state index is 13.0. The number of para-hydroxylation sites is 1. The van der Waals surface area contributed by atoms with Gasteiger partial charge in [0.25, 0.3) is 0 Å². The quantitative estimate of drug-likeness (QED) is 0.415. The SMILES string of the molecule is CC(C)CN(Cc1nn(-c2ccccc2)c2c1CN(Cc1cccc(Cl)c1)CC2)C(=O)C(C)C. The second kappa shape index (κ2) is 10.7. The van der Waals surface area contributed by atoms with E-state index in [1.165, 1.54) is 16.8 Å². The monoisotopic (exact) mass is 478 g/mol. The van der Waals surface area contributed by atoms with Crippen LogP contribution in [-0.2, 0) is 30.8 Å². The lowest BCUT2D eigenvalue weighted by molar-refractivity contribution is -0.135. The molecule has 1 aliphatic heterocycles. The van der Waals surface area contributed by atoms with Crippen molar-refractivity contribution in [2.45, 2.75) is 53.8 Å². The van der Waals surface area contributed by atoms with Gasteiger partial charge in [-0.25, -0.2) is 4.68 Å². The molecule has 0 spiro atoms. The summed E-state index contributed by atoms with van der Waals surface area (Å²) in [6.45, 7) is 12.2. The van der Waals surface area contributed by atoms with Gasteiger partial charge in [-0.05, 0) is 35.7 Å². The molecule has 0 radical (unpaired) electrons. The van der Waals surface area contributed by atoms with E-state index in [-0.39, 0.29) is 11.8 Å². The number of nitrogens with zero attached hydrogens (tertiary/aromatic N) is 4. The van der Waals surface area contributed by atoms with Crippen molar-refractivity contribution in [3.05, 3.63) is 82.1 Å². The average Bonchev–Trinajstić information content (AvgIpc) is 3.16. The van der Waals surface area contributed by atoms with Crippen molar-refractivity contribution >= 4 is 17.5 Å². The Kier molecular flexibility index (Phi) is 7.74. The van der Waals surface area contributed by atoms with Crippen molar-refractivity contribution in [1.82, 2.24) is 19.6 Å². The Morgan fingerprint density at radius 3 is 2.53 bits per heavy atom. The van der Waals surface area contributed by atoms with Crippen molar-refractivity contribution in [3.63, 3.8) is 0 Å². The van der Waals surface area contributed by atoms with Crippen LogP contribution >= 0.6 is 11.6 Å². The molecular formula is C28H35ClN4O. The standard InChI is InChI=1S/C28H35ClN4O/c1-20(2)16-32(28(34)21(3)4)19-26-25-18-31(17-22-9-8-10-23(29)15-22)14-13-27(25)33(30-26)24-11-6-5-7-12-24/h5-12,15,20-21H,13-14,16-19H2,1-4H3. The van der Waals surface area contributed by atoms with E-state index in [1.54, 1.807) is 0 Å². The molecule has 0 atom stereocenters. The Hall–Kier alpha value is -2.63. The number of fused-ring (bicyclic) bond motifs is 1. The fourth-order valence-electron chi connectivity index (χ4n) is 4.70. The largest absolute Gasteiger partial charge is 0.336 e. The Balaban J connectivity index is 1.67. The van der Waals surface area contributed by atoms with Gasteiger partial charge in [0.1, 0.15) is 0 Å². The van der Waals surface area contributed by atoms with E-state index in [4.69, 9.17) is 16.7 Å². The summed E-state index contributed by atoms with van der Waals surface area (Å²) in [5, 5.41) is 5.85. The van der Waals surface area contributed by atoms with Gasteiger partial charge in [0.05, 0.1) is 23.6 Å². The number of halogens is 1.